The lowest BCUT2D eigenvalue weighted by atomic mass is 9.81. The van der Waals surface area contributed by atoms with E-state index in [2.05, 4.69) is 25.3 Å². The predicted molar refractivity (Wildman–Crippen MR) is 292 cm³/mol. The molecule has 0 atom stereocenters. The van der Waals surface area contributed by atoms with Gasteiger partial charge < -0.3 is 28.7 Å². The summed E-state index contributed by atoms with van der Waals surface area (Å²) < 4.78 is 24.0. The van der Waals surface area contributed by atoms with Crippen LogP contribution in [0, 0.1) is 0 Å². The van der Waals surface area contributed by atoms with Crippen molar-refractivity contribution in [2.75, 3.05) is 0 Å². The minimum Gasteiger partial charge on any atom is -0.489 e. The summed E-state index contributed by atoms with van der Waals surface area (Å²) in [6.45, 7) is 0.533. The standard InChI is InChI=1S/C30H22Cl2N2O4.C29H21Cl2N3O4/c31-23-5-2-6-24(32)27(23)28-22(29(38-34-28)18-3-1-4-18)16-37-21-11-7-17(8-12-21)19-9-13-25-20(15-19)10-14-26(33-25)30(35)36;30-22-13-32-14-23(31)26(22)27-21(28(38-34-27)17-2-1-3-17)15-37-20-8-4-16(5-9-20)18-6-10-24-19(12-18)7-11-25(33-24)29(35)36/h2,5-15,18H,1,3-4,16H2,(H,35,36);4-14,17H,1-3,15H2,(H,35,36). The molecule has 2 aliphatic rings. The van der Waals surface area contributed by atoms with E-state index < -0.39 is 11.9 Å². The monoisotopic (exact) mass is 1090 g/mol. The smallest absolute Gasteiger partial charge is 0.354 e. The summed E-state index contributed by atoms with van der Waals surface area (Å²) in [4.78, 5) is 34.8. The fourth-order valence-corrected chi connectivity index (χ4v) is 10.4. The van der Waals surface area contributed by atoms with E-state index in [-0.39, 0.29) is 24.6 Å². The molecule has 0 spiro atoms. The first-order valence-corrected chi connectivity index (χ1v) is 25.9. The summed E-state index contributed by atoms with van der Waals surface area (Å²) in [7, 11) is 0. The summed E-state index contributed by atoms with van der Waals surface area (Å²) in [5.41, 5.74) is 9.47. The number of ether oxygens (including phenoxy) is 2. The zero-order valence-electron chi connectivity index (χ0n) is 40.2. The van der Waals surface area contributed by atoms with Gasteiger partial charge in [-0.1, -0.05) is 124 Å². The van der Waals surface area contributed by atoms with Crippen LogP contribution in [-0.4, -0.2) is 47.4 Å². The molecule has 2 N–H and O–H groups in total. The number of carboxylic acids is 2. The Bertz CT molecular complexity index is 3530. The number of aromatic carboxylic acids is 2. The zero-order chi connectivity index (χ0) is 52.5. The van der Waals surface area contributed by atoms with Gasteiger partial charge in [0, 0.05) is 46.1 Å². The molecule has 0 aliphatic heterocycles. The maximum Gasteiger partial charge on any atom is 0.354 e. The van der Waals surface area contributed by atoms with E-state index in [4.69, 9.17) is 75.1 Å². The highest BCUT2D eigenvalue weighted by Crippen LogP contribution is 2.46. The Morgan fingerprint density at radius 2 is 0.921 bits per heavy atom. The van der Waals surface area contributed by atoms with E-state index >= 15 is 0 Å². The van der Waals surface area contributed by atoms with E-state index in [9.17, 15) is 9.59 Å². The highest BCUT2D eigenvalue weighted by molar-refractivity contribution is 6.39. The number of halogens is 4. The van der Waals surface area contributed by atoms with Crippen LogP contribution >= 0.6 is 46.4 Å². The van der Waals surface area contributed by atoms with Gasteiger partial charge in [0.1, 0.15) is 59.0 Å². The van der Waals surface area contributed by atoms with E-state index in [0.29, 0.717) is 77.0 Å². The Labute approximate surface area is 455 Å². The number of fused-ring (bicyclic) bond motifs is 2. The fourth-order valence-electron chi connectivity index (χ4n) is 9.31. The molecule has 13 nitrogen and oxygen atoms in total. The molecule has 0 unspecified atom stereocenters. The van der Waals surface area contributed by atoms with Crippen molar-refractivity contribution in [1.82, 2.24) is 25.3 Å². The molecule has 0 radical (unpaired) electrons. The van der Waals surface area contributed by atoms with Gasteiger partial charge >= 0.3 is 11.9 Å². The van der Waals surface area contributed by atoms with Crippen molar-refractivity contribution in [3.8, 4) is 56.3 Å². The summed E-state index contributed by atoms with van der Waals surface area (Å²) in [6.07, 6.45) is 9.62. The first kappa shape index (κ1) is 50.4. The van der Waals surface area contributed by atoms with E-state index in [1.165, 1.54) is 30.9 Å². The summed E-state index contributed by atoms with van der Waals surface area (Å²) >= 11 is 25.8. The average Bonchev–Trinajstić information content (AvgIpc) is 3.99. The molecule has 0 amide bonds. The average molecular weight is 1090 g/mol. The third-order valence-electron chi connectivity index (χ3n) is 13.8. The minimum atomic E-state index is -1.04. The Morgan fingerprint density at radius 1 is 0.513 bits per heavy atom. The van der Waals surface area contributed by atoms with Gasteiger partial charge in [0.2, 0.25) is 0 Å². The second kappa shape index (κ2) is 21.8. The second-order valence-corrected chi connectivity index (χ2v) is 20.2. The number of hydrogen-bond donors (Lipinski definition) is 2. The van der Waals surface area contributed by atoms with Gasteiger partial charge in [0.05, 0.1) is 42.3 Å². The molecular weight excluding hydrogens is 1050 g/mol. The largest absolute Gasteiger partial charge is 0.489 e. The van der Waals surface area contributed by atoms with Gasteiger partial charge in [0.25, 0.3) is 0 Å². The van der Waals surface area contributed by atoms with Gasteiger partial charge in [0.15, 0.2) is 0 Å². The lowest BCUT2D eigenvalue weighted by Gasteiger charge is -2.23. The highest BCUT2D eigenvalue weighted by atomic mass is 35.5. The SMILES string of the molecule is O=C(O)c1ccc2cc(-c3ccc(OCc4c(-c5c(Cl)cccc5Cl)noc4C4CCC4)cc3)ccc2n1.O=C(O)c1ccc2cc(-c3ccc(OCc4c(-c5c(Cl)cncc5Cl)noc4C4CCC4)cc3)ccc2n1. The van der Waals surface area contributed by atoms with Gasteiger partial charge in [-0.2, -0.15) is 0 Å². The molecule has 76 heavy (non-hydrogen) atoms. The summed E-state index contributed by atoms with van der Waals surface area (Å²) in [5.74, 6) is 1.62. The number of benzene rings is 5. The van der Waals surface area contributed by atoms with Crippen LogP contribution in [0.25, 0.3) is 66.6 Å². The first-order chi connectivity index (χ1) is 36.9. The van der Waals surface area contributed by atoms with Crippen LogP contribution in [0.2, 0.25) is 20.1 Å². The van der Waals surface area contributed by atoms with E-state index in [0.717, 1.165) is 87.8 Å². The number of nitrogens with zero attached hydrogens (tertiary/aromatic N) is 5. The van der Waals surface area contributed by atoms with Crippen molar-refractivity contribution >= 4 is 80.1 Å². The zero-order valence-corrected chi connectivity index (χ0v) is 43.2. The first-order valence-electron chi connectivity index (χ1n) is 24.4. The van der Waals surface area contributed by atoms with Crippen LogP contribution in [0.4, 0.5) is 0 Å². The van der Waals surface area contributed by atoms with Gasteiger partial charge in [-0.15, -0.1) is 0 Å². The molecule has 5 aromatic heterocycles. The number of carboxylic acid groups (broad SMARTS) is 2. The lowest BCUT2D eigenvalue weighted by molar-refractivity contribution is 0.0680. The normalized spacial score (nSPS) is 13.4. The molecule has 380 valence electrons. The Hall–Kier alpha value is -7.81. The predicted octanol–water partition coefficient (Wildman–Crippen LogP) is 16.2. The third kappa shape index (κ3) is 10.4. The number of carbonyl (C=O) groups is 2. The van der Waals surface area contributed by atoms with Crippen LogP contribution in [0.1, 0.15) is 94.0 Å². The van der Waals surface area contributed by atoms with Crippen LogP contribution in [0.3, 0.4) is 0 Å². The molecule has 2 aliphatic carbocycles. The molecule has 0 bridgehead atoms. The molecule has 5 aromatic carbocycles. The number of rotatable bonds is 14. The van der Waals surface area contributed by atoms with Crippen LogP contribution in [0.15, 0.2) is 149 Å². The maximum atomic E-state index is 11.2. The van der Waals surface area contributed by atoms with Gasteiger partial charge in [-0.25, -0.2) is 19.6 Å². The molecular formula is C59H43Cl4N5O8. The lowest BCUT2D eigenvalue weighted by Crippen LogP contribution is -2.11. The van der Waals surface area contributed by atoms with Crippen molar-refractivity contribution in [3.63, 3.8) is 0 Å². The third-order valence-corrected chi connectivity index (χ3v) is 15.0. The van der Waals surface area contributed by atoms with E-state index in [1.807, 2.05) is 84.9 Å². The molecule has 2 fully saturated rings. The molecule has 10 aromatic rings. The van der Waals surface area contributed by atoms with Crippen molar-refractivity contribution in [1.29, 1.82) is 0 Å². The molecule has 0 saturated heterocycles. The number of hydrogen-bond acceptors (Lipinski definition) is 11. The van der Waals surface area contributed by atoms with Gasteiger partial charge in [-0.3, -0.25) is 4.98 Å². The van der Waals surface area contributed by atoms with Crippen molar-refractivity contribution in [2.24, 2.45) is 0 Å². The molecule has 12 rings (SSSR count). The van der Waals surface area contributed by atoms with Crippen LogP contribution in [-0.2, 0) is 13.2 Å². The number of aromatic nitrogens is 5. The Morgan fingerprint density at radius 3 is 1.32 bits per heavy atom. The van der Waals surface area contributed by atoms with Crippen LogP contribution in [0.5, 0.6) is 11.5 Å². The topological polar surface area (TPSA) is 184 Å². The van der Waals surface area contributed by atoms with Crippen LogP contribution < -0.4 is 9.47 Å². The quantitative estimate of drug-likeness (QED) is 0.105. The second-order valence-electron chi connectivity index (χ2n) is 18.5. The van der Waals surface area contributed by atoms with Crippen molar-refractivity contribution in [2.45, 2.75) is 63.6 Å². The maximum absolute atomic E-state index is 11.2. The molecule has 17 heteroatoms. The molecule has 5 heterocycles. The minimum absolute atomic E-state index is 0.0247. The van der Waals surface area contributed by atoms with Crippen molar-refractivity contribution in [3.05, 3.63) is 194 Å². The highest BCUT2D eigenvalue weighted by Gasteiger charge is 2.32. The fraction of sp³-hybridized carbons (Fsp3) is 0.169. The summed E-state index contributed by atoms with van der Waals surface area (Å²) in [5, 5.41) is 30.6. The Kier molecular flexibility index (Phi) is 14.4. The summed E-state index contributed by atoms with van der Waals surface area (Å²) in [6, 6.07) is 39.0. The number of pyridine rings is 3. The van der Waals surface area contributed by atoms with E-state index in [1.54, 1.807) is 30.3 Å². The van der Waals surface area contributed by atoms with Gasteiger partial charge in [-0.05, 0) is 121 Å². The Balaban J connectivity index is 0.000000162. The van der Waals surface area contributed by atoms with Crippen molar-refractivity contribution < 1.29 is 38.3 Å². The molecule has 2 saturated carbocycles.